The largest absolute Gasteiger partial charge is 0.338 e. The lowest BCUT2D eigenvalue weighted by Gasteiger charge is -2.33. The minimum Gasteiger partial charge on any atom is -0.338 e. The Balaban J connectivity index is 1.59. The predicted molar refractivity (Wildman–Crippen MR) is 93.2 cm³/mol. The number of hydrogen-bond donors (Lipinski definition) is 0. The summed E-state index contributed by atoms with van der Waals surface area (Å²) < 4.78 is 58.1. The average molecular weight is 400 g/mol. The van der Waals surface area contributed by atoms with E-state index in [2.05, 4.69) is 24.0 Å². The number of hydrogen-bond acceptors (Lipinski definition) is 6. The molecule has 1 aliphatic heterocycles. The van der Waals surface area contributed by atoms with Crippen LogP contribution in [0.3, 0.4) is 0 Å². The highest BCUT2D eigenvalue weighted by Crippen LogP contribution is 2.20. The van der Waals surface area contributed by atoms with Gasteiger partial charge < -0.3 is 4.52 Å². The quantitative estimate of drug-likeness (QED) is 0.739. The molecule has 2 aromatic rings. The van der Waals surface area contributed by atoms with Gasteiger partial charge in [0.05, 0.1) is 11.4 Å². The van der Waals surface area contributed by atoms with Crippen LogP contribution in [0.2, 0.25) is 0 Å². The van der Waals surface area contributed by atoms with E-state index in [1.807, 2.05) is 4.90 Å². The fourth-order valence-corrected chi connectivity index (χ4v) is 4.34. The van der Waals surface area contributed by atoms with Crippen LogP contribution in [0.15, 0.2) is 27.6 Å². The van der Waals surface area contributed by atoms with Crippen molar-refractivity contribution in [2.24, 2.45) is 5.92 Å². The molecule has 10 heteroatoms. The average Bonchev–Trinajstić information content (AvgIpc) is 3.03. The van der Waals surface area contributed by atoms with Crippen molar-refractivity contribution in [1.82, 2.24) is 19.3 Å². The van der Waals surface area contributed by atoms with E-state index in [4.69, 9.17) is 4.52 Å². The smallest absolute Gasteiger partial charge is 0.243 e. The highest BCUT2D eigenvalue weighted by molar-refractivity contribution is 7.89. The summed E-state index contributed by atoms with van der Waals surface area (Å²) in [4.78, 5) is 6.12. The van der Waals surface area contributed by atoms with Crippen LogP contribution in [-0.4, -0.2) is 53.9 Å². The first-order valence-corrected chi connectivity index (χ1v) is 10.2. The van der Waals surface area contributed by atoms with E-state index >= 15 is 0 Å². The molecule has 3 rings (SSSR count). The maximum Gasteiger partial charge on any atom is 0.243 e. The normalized spacial score (nSPS) is 16.9. The maximum absolute atomic E-state index is 13.4. The first kappa shape index (κ1) is 19.8. The van der Waals surface area contributed by atoms with Crippen LogP contribution in [0.1, 0.15) is 25.6 Å². The maximum atomic E-state index is 13.4. The lowest BCUT2D eigenvalue weighted by Crippen LogP contribution is -2.48. The molecule has 0 aliphatic carbocycles. The summed E-state index contributed by atoms with van der Waals surface area (Å²) in [5.41, 5.74) is 0. The Morgan fingerprint density at radius 3 is 2.48 bits per heavy atom. The molecule has 27 heavy (non-hydrogen) atoms. The predicted octanol–water partition coefficient (Wildman–Crippen LogP) is 2.05. The highest BCUT2D eigenvalue weighted by Gasteiger charge is 2.29. The number of nitrogens with zero attached hydrogens (tertiary/aromatic N) is 4. The number of benzene rings is 1. The summed E-state index contributed by atoms with van der Waals surface area (Å²) in [6.45, 7) is 6.04. The van der Waals surface area contributed by atoms with E-state index in [1.165, 1.54) is 4.31 Å². The summed E-state index contributed by atoms with van der Waals surface area (Å²) in [7, 11) is -3.86. The molecule has 1 fully saturated rings. The SMILES string of the molecule is CC(C)Cc1noc(CN2CCN(S(=O)(=O)c3ccc(F)c(F)c3)CC2)n1. The first-order chi connectivity index (χ1) is 12.8. The molecule has 0 N–H and O–H groups in total. The van der Waals surface area contributed by atoms with Gasteiger partial charge in [-0.15, -0.1) is 0 Å². The molecular formula is C17H22F2N4O3S. The fourth-order valence-electron chi connectivity index (χ4n) is 2.91. The van der Waals surface area contributed by atoms with Gasteiger partial charge in [0.25, 0.3) is 0 Å². The molecule has 7 nitrogen and oxygen atoms in total. The van der Waals surface area contributed by atoms with Gasteiger partial charge in [0.1, 0.15) is 0 Å². The van der Waals surface area contributed by atoms with Crippen LogP contribution >= 0.6 is 0 Å². The third-order valence-corrected chi connectivity index (χ3v) is 6.21. The summed E-state index contributed by atoms with van der Waals surface area (Å²) in [5.74, 6) is -0.652. The Kier molecular flexibility index (Phi) is 5.87. The molecule has 0 unspecified atom stereocenters. The van der Waals surface area contributed by atoms with Crippen molar-refractivity contribution in [3.05, 3.63) is 41.5 Å². The summed E-state index contributed by atoms with van der Waals surface area (Å²) in [5, 5.41) is 3.95. The molecular weight excluding hydrogens is 378 g/mol. The van der Waals surface area contributed by atoms with Crippen molar-refractivity contribution in [2.75, 3.05) is 26.2 Å². The zero-order valence-electron chi connectivity index (χ0n) is 15.2. The van der Waals surface area contributed by atoms with Crippen LogP contribution in [0, 0.1) is 17.6 Å². The standard InChI is InChI=1S/C17H22F2N4O3S/c1-12(2)9-16-20-17(26-21-16)11-22-5-7-23(8-6-22)27(24,25)13-3-4-14(18)15(19)10-13/h3-4,10,12H,5-9,11H2,1-2H3. The highest BCUT2D eigenvalue weighted by atomic mass is 32.2. The van der Waals surface area contributed by atoms with E-state index < -0.39 is 21.7 Å². The Morgan fingerprint density at radius 1 is 1.15 bits per heavy atom. The van der Waals surface area contributed by atoms with Crippen LogP contribution in [0.5, 0.6) is 0 Å². The van der Waals surface area contributed by atoms with Crippen LogP contribution in [0.4, 0.5) is 8.78 Å². The Hall–Kier alpha value is -1.91. The number of piperazine rings is 1. The van der Waals surface area contributed by atoms with Crippen molar-refractivity contribution in [2.45, 2.75) is 31.7 Å². The molecule has 0 atom stereocenters. The van der Waals surface area contributed by atoms with Crippen LogP contribution in [0.25, 0.3) is 0 Å². The van der Waals surface area contributed by atoms with Crippen molar-refractivity contribution >= 4 is 10.0 Å². The lowest BCUT2D eigenvalue weighted by molar-refractivity contribution is 0.163. The van der Waals surface area contributed by atoms with Crippen molar-refractivity contribution in [3.63, 3.8) is 0 Å². The minimum atomic E-state index is -3.86. The van der Waals surface area contributed by atoms with Crippen LogP contribution < -0.4 is 0 Å². The monoisotopic (exact) mass is 400 g/mol. The number of aromatic nitrogens is 2. The number of rotatable bonds is 6. The van der Waals surface area contributed by atoms with Gasteiger partial charge in [-0.1, -0.05) is 19.0 Å². The topological polar surface area (TPSA) is 79.5 Å². The lowest BCUT2D eigenvalue weighted by atomic mass is 10.1. The van der Waals surface area contributed by atoms with Gasteiger partial charge >= 0.3 is 0 Å². The van der Waals surface area contributed by atoms with Gasteiger partial charge in [0.15, 0.2) is 17.5 Å². The zero-order chi connectivity index (χ0) is 19.6. The molecule has 1 aliphatic rings. The summed E-state index contributed by atoms with van der Waals surface area (Å²) in [6.07, 6.45) is 0.740. The van der Waals surface area contributed by atoms with Gasteiger partial charge in [-0.2, -0.15) is 9.29 Å². The summed E-state index contributed by atoms with van der Waals surface area (Å²) >= 11 is 0. The molecule has 0 spiro atoms. The zero-order valence-corrected chi connectivity index (χ0v) is 16.0. The third-order valence-electron chi connectivity index (χ3n) is 4.32. The Labute approximate surface area is 157 Å². The molecule has 148 valence electrons. The van der Waals surface area contributed by atoms with Gasteiger partial charge in [0, 0.05) is 32.6 Å². The molecule has 0 bridgehead atoms. The van der Waals surface area contributed by atoms with Crippen molar-refractivity contribution < 1.29 is 21.7 Å². The Bertz CT molecular complexity index is 893. The molecule has 1 saturated heterocycles. The molecule has 1 aromatic heterocycles. The van der Waals surface area contributed by atoms with E-state index in [-0.39, 0.29) is 18.0 Å². The second kappa shape index (κ2) is 7.99. The summed E-state index contributed by atoms with van der Waals surface area (Å²) in [6, 6.07) is 2.61. The third kappa shape index (κ3) is 4.69. The molecule has 0 radical (unpaired) electrons. The van der Waals surface area contributed by atoms with Crippen molar-refractivity contribution in [3.8, 4) is 0 Å². The second-order valence-corrected chi connectivity index (χ2v) is 8.90. The van der Waals surface area contributed by atoms with Gasteiger partial charge in [-0.25, -0.2) is 17.2 Å². The second-order valence-electron chi connectivity index (χ2n) is 6.96. The van der Waals surface area contributed by atoms with E-state index in [9.17, 15) is 17.2 Å². The number of sulfonamides is 1. The van der Waals surface area contributed by atoms with E-state index in [0.717, 1.165) is 18.6 Å². The minimum absolute atomic E-state index is 0.244. The van der Waals surface area contributed by atoms with Gasteiger partial charge in [-0.05, 0) is 24.1 Å². The fraction of sp³-hybridized carbons (Fsp3) is 0.529. The molecule has 1 aromatic carbocycles. The molecule has 0 amide bonds. The van der Waals surface area contributed by atoms with E-state index in [0.29, 0.717) is 43.3 Å². The van der Waals surface area contributed by atoms with E-state index in [1.54, 1.807) is 0 Å². The van der Waals surface area contributed by atoms with Crippen LogP contribution in [-0.2, 0) is 23.0 Å². The Morgan fingerprint density at radius 2 is 1.85 bits per heavy atom. The first-order valence-electron chi connectivity index (χ1n) is 8.74. The van der Waals surface area contributed by atoms with Gasteiger partial charge in [-0.3, -0.25) is 4.90 Å². The van der Waals surface area contributed by atoms with Crippen molar-refractivity contribution in [1.29, 1.82) is 0 Å². The molecule has 2 heterocycles. The number of halogens is 2. The molecule has 0 saturated carbocycles. The van der Waals surface area contributed by atoms with Gasteiger partial charge in [0.2, 0.25) is 15.9 Å².